The summed E-state index contributed by atoms with van der Waals surface area (Å²) in [6, 6.07) is 13.7. The minimum atomic E-state index is 1.35. The topological polar surface area (TPSA) is 0 Å². The zero-order valence-electron chi connectivity index (χ0n) is 11.7. The van der Waals surface area contributed by atoms with E-state index in [4.69, 9.17) is 0 Å². The zero-order chi connectivity index (χ0) is 14.1. The molecule has 0 atom stereocenters. The van der Waals surface area contributed by atoms with E-state index in [0.717, 1.165) is 0 Å². The minimum Gasteiger partial charge on any atom is -0.133 e. The van der Waals surface area contributed by atoms with Crippen LogP contribution in [0, 0.1) is 13.8 Å². The number of rotatable bonds is 0. The van der Waals surface area contributed by atoms with Crippen molar-refractivity contribution in [2.75, 3.05) is 0 Å². The van der Waals surface area contributed by atoms with Crippen molar-refractivity contribution in [1.82, 2.24) is 0 Å². The molecule has 0 spiro atoms. The van der Waals surface area contributed by atoms with Gasteiger partial charge in [-0.15, -0.1) is 34.0 Å². The van der Waals surface area contributed by atoms with Crippen molar-refractivity contribution < 1.29 is 0 Å². The van der Waals surface area contributed by atoms with Gasteiger partial charge in [-0.05, 0) is 37.1 Å². The van der Waals surface area contributed by atoms with Gasteiger partial charge in [0.05, 0.1) is 18.8 Å². The highest BCUT2D eigenvalue weighted by Crippen LogP contribution is 2.49. The largest absolute Gasteiger partial charge is 0.133 e. The first kappa shape index (κ1) is 12.2. The van der Waals surface area contributed by atoms with Gasteiger partial charge in [0.15, 0.2) is 0 Å². The Labute approximate surface area is 134 Å². The quantitative estimate of drug-likeness (QED) is 0.285. The molecule has 0 nitrogen and oxygen atoms in total. The Hall–Kier alpha value is -1.42. The lowest BCUT2D eigenvalue weighted by Crippen LogP contribution is -1.68. The molecule has 0 unspecified atom stereocenters. The second kappa shape index (κ2) is 4.07. The summed E-state index contributed by atoms with van der Waals surface area (Å²) in [5, 5.41) is 2.85. The maximum Gasteiger partial charge on any atom is 0.0642 e. The molecular weight excluding hydrogens is 312 g/mol. The van der Waals surface area contributed by atoms with E-state index >= 15 is 0 Å². The second-order valence-electron chi connectivity index (χ2n) is 5.62. The third kappa shape index (κ3) is 1.60. The highest BCUT2D eigenvalue weighted by Gasteiger charge is 2.16. The molecule has 5 rings (SSSR count). The van der Waals surface area contributed by atoms with E-state index in [2.05, 4.69) is 50.2 Å². The van der Waals surface area contributed by atoms with Gasteiger partial charge >= 0.3 is 0 Å². The van der Waals surface area contributed by atoms with Gasteiger partial charge in [0, 0.05) is 20.2 Å². The third-order valence-electron chi connectivity index (χ3n) is 4.01. The maximum atomic E-state index is 2.32. The predicted octanol–water partition coefficient (Wildman–Crippen LogP) is 7.10. The van der Waals surface area contributed by atoms with E-state index in [0.29, 0.717) is 0 Å². The lowest BCUT2D eigenvalue weighted by Gasteiger charge is -1.93. The molecule has 3 heterocycles. The number of thiophene rings is 3. The molecule has 0 aliphatic carbocycles. The molecule has 0 aliphatic heterocycles. The number of hydrogen-bond donors (Lipinski definition) is 0. The standard InChI is InChI=1S/C18H12S3/c1-9-3-5-11-13(7-9)19-17-15(11)21-16-12-6-4-10(2)8-14(12)20-18(16)17/h3-8H,1-2H3. The maximum absolute atomic E-state index is 2.32. The van der Waals surface area contributed by atoms with E-state index in [9.17, 15) is 0 Å². The first-order valence-corrected chi connectivity index (χ1v) is 9.40. The molecule has 2 aromatic carbocycles. The summed E-state index contributed by atoms with van der Waals surface area (Å²) in [7, 11) is 0. The van der Waals surface area contributed by atoms with Gasteiger partial charge in [0.2, 0.25) is 0 Å². The Balaban J connectivity index is 2.00. The Morgan fingerprint density at radius 3 is 1.52 bits per heavy atom. The van der Waals surface area contributed by atoms with Gasteiger partial charge in [0.1, 0.15) is 0 Å². The molecule has 3 aromatic heterocycles. The SMILES string of the molecule is Cc1ccc2c(c1)sc1c2sc2c3ccc(C)cc3sc21. The van der Waals surface area contributed by atoms with E-state index in [1.165, 1.54) is 50.1 Å². The number of aryl methyl sites for hydroxylation is 2. The average Bonchev–Trinajstić information content (AvgIpc) is 3.06. The van der Waals surface area contributed by atoms with Crippen LogP contribution in [0.25, 0.3) is 39.0 Å². The molecule has 102 valence electrons. The smallest absolute Gasteiger partial charge is 0.0642 e. The Morgan fingerprint density at radius 2 is 1.05 bits per heavy atom. The van der Waals surface area contributed by atoms with Gasteiger partial charge in [-0.25, -0.2) is 0 Å². The predicted molar refractivity (Wildman–Crippen MR) is 99.6 cm³/mol. The van der Waals surface area contributed by atoms with Crippen LogP contribution in [0.3, 0.4) is 0 Å². The number of fused-ring (bicyclic) bond motifs is 7. The summed E-state index contributed by atoms with van der Waals surface area (Å²) in [5.41, 5.74) is 2.69. The Morgan fingerprint density at radius 1 is 0.571 bits per heavy atom. The summed E-state index contributed by atoms with van der Waals surface area (Å²) in [4.78, 5) is 0. The third-order valence-corrected chi connectivity index (χ3v) is 7.99. The van der Waals surface area contributed by atoms with Gasteiger partial charge in [0.25, 0.3) is 0 Å². The zero-order valence-corrected chi connectivity index (χ0v) is 14.1. The van der Waals surface area contributed by atoms with Crippen LogP contribution in [0.1, 0.15) is 11.1 Å². The van der Waals surface area contributed by atoms with Gasteiger partial charge in [-0.3, -0.25) is 0 Å². The first-order valence-electron chi connectivity index (χ1n) is 6.95. The Kier molecular flexibility index (Phi) is 2.35. The van der Waals surface area contributed by atoms with Crippen molar-refractivity contribution in [1.29, 1.82) is 0 Å². The molecule has 0 aliphatic rings. The highest BCUT2D eigenvalue weighted by molar-refractivity contribution is 7.43. The van der Waals surface area contributed by atoms with Crippen molar-refractivity contribution in [2.45, 2.75) is 13.8 Å². The molecule has 0 N–H and O–H groups in total. The van der Waals surface area contributed by atoms with Crippen molar-refractivity contribution in [3.8, 4) is 0 Å². The molecule has 3 heteroatoms. The van der Waals surface area contributed by atoms with Crippen LogP contribution >= 0.6 is 34.0 Å². The molecule has 0 bridgehead atoms. The molecule has 21 heavy (non-hydrogen) atoms. The molecule has 0 radical (unpaired) electrons. The highest BCUT2D eigenvalue weighted by atomic mass is 32.1. The fraction of sp³-hybridized carbons (Fsp3) is 0.111. The summed E-state index contributed by atoms with van der Waals surface area (Å²) in [6.07, 6.45) is 0. The lowest BCUT2D eigenvalue weighted by molar-refractivity contribution is 1.52. The number of benzene rings is 2. The van der Waals surface area contributed by atoms with Crippen LogP contribution in [0.2, 0.25) is 0 Å². The number of hydrogen-bond acceptors (Lipinski definition) is 3. The van der Waals surface area contributed by atoms with Gasteiger partial charge in [-0.1, -0.05) is 24.3 Å². The first-order chi connectivity index (χ1) is 10.2. The van der Waals surface area contributed by atoms with Crippen LogP contribution in [0.15, 0.2) is 36.4 Å². The van der Waals surface area contributed by atoms with E-state index in [1.54, 1.807) is 0 Å². The Bertz CT molecular complexity index is 1060. The second-order valence-corrected chi connectivity index (χ2v) is 8.75. The van der Waals surface area contributed by atoms with E-state index in [-0.39, 0.29) is 0 Å². The van der Waals surface area contributed by atoms with Gasteiger partial charge < -0.3 is 0 Å². The van der Waals surface area contributed by atoms with Crippen molar-refractivity contribution in [2.24, 2.45) is 0 Å². The van der Waals surface area contributed by atoms with Crippen molar-refractivity contribution in [3.63, 3.8) is 0 Å². The summed E-state index contributed by atoms with van der Waals surface area (Å²) >= 11 is 5.87. The van der Waals surface area contributed by atoms with Crippen LogP contribution in [0.4, 0.5) is 0 Å². The molecule has 0 fully saturated rings. The summed E-state index contributed by atoms with van der Waals surface area (Å²) in [5.74, 6) is 0. The average molecular weight is 324 g/mol. The van der Waals surface area contributed by atoms with Crippen LogP contribution in [-0.4, -0.2) is 0 Å². The van der Waals surface area contributed by atoms with E-state index in [1.807, 2.05) is 34.0 Å². The van der Waals surface area contributed by atoms with Crippen LogP contribution in [0.5, 0.6) is 0 Å². The fourth-order valence-electron chi connectivity index (χ4n) is 2.96. The van der Waals surface area contributed by atoms with Crippen molar-refractivity contribution in [3.05, 3.63) is 47.5 Å². The lowest BCUT2D eigenvalue weighted by atomic mass is 10.2. The van der Waals surface area contributed by atoms with Crippen molar-refractivity contribution >= 4 is 73.0 Å². The molecule has 0 saturated heterocycles. The minimum absolute atomic E-state index is 1.35. The normalized spacial score (nSPS) is 12.3. The molecule has 0 saturated carbocycles. The molecule has 5 aromatic rings. The molecule has 0 amide bonds. The summed E-state index contributed by atoms with van der Waals surface area (Å²) < 4.78 is 8.75. The molecular formula is C18H12S3. The van der Waals surface area contributed by atoms with Crippen LogP contribution in [-0.2, 0) is 0 Å². The monoisotopic (exact) mass is 324 g/mol. The summed E-state index contributed by atoms with van der Waals surface area (Å²) in [6.45, 7) is 4.34. The van der Waals surface area contributed by atoms with Gasteiger partial charge in [-0.2, -0.15) is 0 Å². The fourth-order valence-corrected chi connectivity index (χ4v) is 7.43. The van der Waals surface area contributed by atoms with E-state index < -0.39 is 0 Å². The van der Waals surface area contributed by atoms with Crippen LogP contribution < -0.4 is 0 Å².